The van der Waals surface area contributed by atoms with E-state index in [-0.39, 0.29) is 11.3 Å². The third kappa shape index (κ3) is 4.99. The number of halogens is 2. The zero-order chi connectivity index (χ0) is 24.4. The number of pyridine rings is 1. The van der Waals surface area contributed by atoms with Crippen LogP contribution in [0.15, 0.2) is 84.0 Å². The second kappa shape index (κ2) is 10.1. The molecule has 1 unspecified atom stereocenters. The van der Waals surface area contributed by atoms with Crippen molar-refractivity contribution >= 4 is 52.6 Å². The first-order valence-corrected chi connectivity index (χ1v) is 13.4. The number of hydrogen-bond donors (Lipinski definition) is 0. The van der Waals surface area contributed by atoms with Crippen LogP contribution in [-0.4, -0.2) is 41.7 Å². The second-order valence-corrected chi connectivity index (χ2v) is 10.5. The lowest BCUT2D eigenvalue weighted by atomic mass is 9.77. The van der Waals surface area contributed by atoms with Crippen molar-refractivity contribution in [3.05, 3.63) is 106 Å². The number of hydrogen-bond acceptors (Lipinski definition) is 4. The number of nitrogens with zero attached hydrogens (tertiary/aromatic N) is 3. The molecule has 2 aromatic carbocycles. The minimum absolute atomic E-state index is 0.0824. The number of anilines is 1. The molecule has 0 aliphatic carbocycles. The smallest absolute Gasteiger partial charge is 0.258 e. The fourth-order valence-corrected chi connectivity index (χ4v) is 5.52. The number of amides is 1. The van der Waals surface area contributed by atoms with Crippen LogP contribution in [-0.2, 0) is 5.41 Å². The molecule has 178 valence electrons. The number of aromatic nitrogens is 1. The molecule has 0 N–H and O–H groups in total. The Balaban J connectivity index is 1.34. The van der Waals surface area contributed by atoms with Crippen molar-refractivity contribution < 1.29 is 4.79 Å². The summed E-state index contributed by atoms with van der Waals surface area (Å²) in [6.07, 6.45) is 13.3. The van der Waals surface area contributed by atoms with E-state index >= 15 is 0 Å². The first-order chi connectivity index (χ1) is 17.0. The molecular weight excluding hydrogens is 497 g/mol. The highest BCUT2D eigenvalue weighted by atomic mass is 35.5. The Hall–Kier alpha value is -2.73. The Morgan fingerprint density at radius 3 is 2.69 bits per heavy atom. The molecule has 5 rings (SSSR count). The lowest BCUT2D eigenvalue weighted by Crippen LogP contribution is -2.40. The Morgan fingerprint density at radius 1 is 1.14 bits per heavy atom. The summed E-state index contributed by atoms with van der Waals surface area (Å²) < 4.78 is 0. The van der Waals surface area contributed by atoms with Crippen LogP contribution in [0.1, 0.15) is 27.9 Å². The van der Waals surface area contributed by atoms with Gasteiger partial charge in [0.25, 0.3) is 5.91 Å². The molecule has 3 heterocycles. The summed E-state index contributed by atoms with van der Waals surface area (Å²) in [6, 6.07) is 17.7. The van der Waals surface area contributed by atoms with Crippen molar-refractivity contribution in [3.8, 4) is 0 Å². The largest absolute Gasteiger partial charge is 0.374 e. The standard InChI is InChI=1S/C28H25Cl2N3OS/c1-35-23-7-4-20(5-8-23)3-2-14-32-15-11-28(12-16-32)19-33(25-9-6-22(29)18-24(25)28)27(34)21-10-13-31-26(30)17-21/h2-11,13,15,17-18H,12,14,16,19H2,1H3/b3-2-. The minimum atomic E-state index is -0.263. The topological polar surface area (TPSA) is 36.4 Å². The lowest BCUT2D eigenvalue weighted by molar-refractivity contribution is 0.0985. The molecule has 2 aliphatic heterocycles. The van der Waals surface area contributed by atoms with Gasteiger partial charge in [-0.3, -0.25) is 4.79 Å². The predicted octanol–water partition coefficient (Wildman–Crippen LogP) is 6.94. The Kier molecular flexibility index (Phi) is 6.92. The van der Waals surface area contributed by atoms with E-state index < -0.39 is 0 Å². The van der Waals surface area contributed by atoms with E-state index in [2.05, 4.69) is 64.8 Å². The van der Waals surface area contributed by atoms with Gasteiger partial charge in [-0.2, -0.15) is 0 Å². The SMILES string of the molecule is CSc1ccc(/C=C\CN2C=CC3(CC2)CN(C(=O)c2ccnc(Cl)c2)c2ccc(Cl)cc23)cc1. The molecule has 2 aliphatic rings. The molecule has 0 radical (unpaired) electrons. The summed E-state index contributed by atoms with van der Waals surface area (Å²) >= 11 is 14.2. The summed E-state index contributed by atoms with van der Waals surface area (Å²) in [4.78, 5) is 22.8. The number of thioether (sulfide) groups is 1. The van der Waals surface area contributed by atoms with Gasteiger partial charge in [0, 0.05) is 52.4 Å². The van der Waals surface area contributed by atoms with Crippen LogP contribution in [0, 0.1) is 0 Å². The molecule has 1 spiro atoms. The van der Waals surface area contributed by atoms with E-state index in [4.69, 9.17) is 23.2 Å². The fourth-order valence-electron chi connectivity index (χ4n) is 4.76. The van der Waals surface area contributed by atoms with E-state index in [0.29, 0.717) is 22.3 Å². The van der Waals surface area contributed by atoms with E-state index in [1.54, 1.807) is 30.1 Å². The van der Waals surface area contributed by atoms with Crippen molar-refractivity contribution in [3.63, 3.8) is 0 Å². The van der Waals surface area contributed by atoms with Crippen LogP contribution in [0.4, 0.5) is 5.69 Å². The van der Waals surface area contributed by atoms with Gasteiger partial charge in [0.2, 0.25) is 0 Å². The van der Waals surface area contributed by atoms with E-state index in [1.165, 1.54) is 10.5 Å². The first-order valence-electron chi connectivity index (χ1n) is 11.4. The van der Waals surface area contributed by atoms with Gasteiger partial charge in [0.05, 0.1) is 0 Å². The van der Waals surface area contributed by atoms with Gasteiger partial charge in [-0.15, -0.1) is 11.8 Å². The van der Waals surface area contributed by atoms with Crippen LogP contribution in [0.5, 0.6) is 0 Å². The monoisotopic (exact) mass is 521 g/mol. The van der Waals surface area contributed by atoms with Gasteiger partial charge in [-0.1, -0.05) is 53.6 Å². The van der Waals surface area contributed by atoms with Gasteiger partial charge in [-0.25, -0.2) is 4.98 Å². The van der Waals surface area contributed by atoms with Gasteiger partial charge >= 0.3 is 0 Å². The molecule has 1 aromatic heterocycles. The van der Waals surface area contributed by atoms with Crippen LogP contribution in [0.3, 0.4) is 0 Å². The van der Waals surface area contributed by atoms with Crippen molar-refractivity contribution in [2.45, 2.75) is 16.7 Å². The van der Waals surface area contributed by atoms with Crippen molar-refractivity contribution in [1.82, 2.24) is 9.88 Å². The lowest BCUT2D eigenvalue weighted by Gasteiger charge is -2.35. The highest BCUT2D eigenvalue weighted by molar-refractivity contribution is 7.98. The molecule has 3 aromatic rings. The minimum Gasteiger partial charge on any atom is -0.374 e. The van der Waals surface area contributed by atoms with Crippen LogP contribution < -0.4 is 4.90 Å². The van der Waals surface area contributed by atoms with Gasteiger partial charge in [0.1, 0.15) is 5.15 Å². The molecule has 4 nitrogen and oxygen atoms in total. The van der Waals surface area contributed by atoms with E-state index in [1.807, 2.05) is 23.1 Å². The Bertz CT molecular complexity index is 1310. The van der Waals surface area contributed by atoms with Crippen LogP contribution in [0.25, 0.3) is 6.08 Å². The molecular formula is C28H25Cl2N3OS. The summed E-state index contributed by atoms with van der Waals surface area (Å²) in [5, 5.41) is 0.984. The molecule has 0 saturated carbocycles. The van der Waals surface area contributed by atoms with Gasteiger partial charge < -0.3 is 9.80 Å². The van der Waals surface area contributed by atoms with Gasteiger partial charge in [-0.05, 0) is 72.5 Å². The molecule has 0 saturated heterocycles. The van der Waals surface area contributed by atoms with E-state index in [9.17, 15) is 4.79 Å². The molecule has 1 amide bonds. The average Bonchev–Trinajstić information content (AvgIpc) is 3.18. The quantitative estimate of drug-likeness (QED) is 0.269. The molecule has 1 atom stereocenters. The van der Waals surface area contributed by atoms with Crippen molar-refractivity contribution in [2.24, 2.45) is 0 Å². The predicted molar refractivity (Wildman–Crippen MR) is 147 cm³/mol. The second-order valence-electron chi connectivity index (χ2n) is 8.81. The average molecular weight is 523 g/mol. The maximum absolute atomic E-state index is 13.4. The fraction of sp³-hybridized carbons (Fsp3) is 0.214. The molecule has 0 fully saturated rings. The maximum atomic E-state index is 13.4. The number of rotatable bonds is 5. The van der Waals surface area contributed by atoms with Crippen molar-refractivity contribution in [1.29, 1.82) is 0 Å². The maximum Gasteiger partial charge on any atom is 0.258 e. The third-order valence-electron chi connectivity index (χ3n) is 6.66. The van der Waals surface area contributed by atoms with Crippen LogP contribution in [0.2, 0.25) is 10.2 Å². The summed E-state index contributed by atoms with van der Waals surface area (Å²) in [7, 11) is 0. The number of fused-ring (bicyclic) bond motifs is 2. The van der Waals surface area contributed by atoms with E-state index in [0.717, 1.165) is 30.8 Å². The molecule has 35 heavy (non-hydrogen) atoms. The molecule has 0 bridgehead atoms. The Morgan fingerprint density at radius 2 is 1.97 bits per heavy atom. The summed E-state index contributed by atoms with van der Waals surface area (Å²) in [5.74, 6) is -0.0824. The highest BCUT2D eigenvalue weighted by Crippen LogP contribution is 2.47. The summed E-state index contributed by atoms with van der Waals surface area (Å²) in [6.45, 7) is 2.29. The van der Waals surface area contributed by atoms with Crippen molar-refractivity contribution in [2.75, 3.05) is 30.8 Å². The third-order valence-corrected chi connectivity index (χ3v) is 7.85. The summed E-state index contributed by atoms with van der Waals surface area (Å²) in [5.41, 5.74) is 3.46. The zero-order valence-electron chi connectivity index (χ0n) is 19.3. The highest BCUT2D eigenvalue weighted by Gasteiger charge is 2.44. The van der Waals surface area contributed by atoms with Gasteiger partial charge in [0.15, 0.2) is 0 Å². The van der Waals surface area contributed by atoms with Crippen LogP contribution >= 0.6 is 35.0 Å². The number of carbonyl (C=O) groups excluding carboxylic acids is 1. The first kappa shape index (κ1) is 24.0. The zero-order valence-corrected chi connectivity index (χ0v) is 21.7. The number of carbonyl (C=O) groups is 1. The number of benzene rings is 2. The normalized spacial score (nSPS) is 19.1. The molecule has 7 heteroatoms. The Labute approximate surface area is 220 Å².